The Balaban J connectivity index is 2.41. The molecule has 0 fully saturated rings. The standard InChI is InChI=1S/C13H19Cl2NO/c1-10(16-7-3-2-4-8-17)12-9-11(14)5-6-13(12)15/h5-6,9-10,16-17H,2-4,7-8H2,1H3. The minimum atomic E-state index is 0.190. The molecule has 0 bridgehead atoms. The summed E-state index contributed by atoms with van der Waals surface area (Å²) in [5, 5.41) is 13.5. The Morgan fingerprint density at radius 1 is 1.24 bits per heavy atom. The fraction of sp³-hybridized carbons (Fsp3) is 0.538. The van der Waals surface area contributed by atoms with Gasteiger partial charge in [-0.25, -0.2) is 0 Å². The highest BCUT2D eigenvalue weighted by atomic mass is 35.5. The summed E-state index contributed by atoms with van der Waals surface area (Å²) in [6, 6.07) is 5.70. The fourth-order valence-corrected chi connectivity index (χ4v) is 2.15. The van der Waals surface area contributed by atoms with Crippen molar-refractivity contribution in [1.82, 2.24) is 5.32 Å². The van der Waals surface area contributed by atoms with Gasteiger partial charge in [0.05, 0.1) is 0 Å². The molecule has 1 aromatic rings. The van der Waals surface area contributed by atoms with E-state index in [1.165, 1.54) is 0 Å². The van der Waals surface area contributed by atoms with E-state index in [1.54, 1.807) is 6.07 Å². The molecule has 1 aromatic carbocycles. The van der Waals surface area contributed by atoms with Gasteiger partial charge in [-0.2, -0.15) is 0 Å². The van der Waals surface area contributed by atoms with E-state index in [0.29, 0.717) is 5.02 Å². The highest BCUT2D eigenvalue weighted by Crippen LogP contribution is 2.26. The first-order chi connectivity index (χ1) is 8.15. The number of rotatable bonds is 7. The van der Waals surface area contributed by atoms with Crippen LogP contribution < -0.4 is 5.32 Å². The summed E-state index contributed by atoms with van der Waals surface area (Å²) < 4.78 is 0. The van der Waals surface area contributed by atoms with E-state index in [1.807, 2.05) is 12.1 Å². The van der Waals surface area contributed by atoms with Gasteiger partial charge in [0.25, 0.3) is 0 Å². The molecule has 0 amide bonds. The molecule has 0 saturated carbocycles. The number of aliphatic hydroxyl groups excluding tert-OH is 1. The van der Waals surface area contributed by atoms with Crippen LogP contribution in [0.2, 0.25) is 10.0 Å². The van der Waals surface area contributed by atoms with Gasteiger partial charge < -0.3 is 10.4 Å². The summed E-state index contributed by atoms with van der Waals surface area (Å²) in [6.07, 6.45) is 2.97. The summed E-state index contributed by atoms with van der Waals surface area (Å²) in [5.74, 6) is 0. The van der Waals surface area contributed by atoms with E-state index in [0.717, 1.165) is 36.4 Å². The largest absolute Gasteiger partial charge is 0.396 e. The van der Waals surface area contributed by atoms with Crippen molar-refractivity contribution in [3.8, 4) is 0 Å². The predicted molar refractivity (Wildman–Crippen MR) is 73.8 cm³/mol. The first-order valence-corrected chi connectivity index (χ1v) is 6.70. The molecule has 4 heteroatoms. The number of aliphatic hydroxyl groups is 1. The first kappa shape index (κ1) is 14.8. The minimum absolute atomic E-state index is 0.190. The maximum Gasteiger partial charge on any atom is 0.0454 e. The van der Waals surface area contributed by atoms with Crippen LogP contribution in [0.1, 0.15) is 37.8 Å². The molecule has 1 rings (SSSR count). The lowest BCUT2D eigenvalue weighted by atomic mass is 10.1. The maximum atomic E-state index is 8.67. The van der Waals surface area contributed by atoms with Crippen LogP contribution in [-0.4, -0.2) is 18.3 Å². The fourth-order valence-electron chi connectivity index (χ4n) is 1.69. The Labute approximate surface area is 113 Å². The van der Waals surface area contributed by atoms with Gasteiger partial charge in [-0.1, -0.05) is 23.2 Å². The van der Waals surface area contributed by atoms with E-state index >= 15 is 0 Å². The first-order valence-electron chi connectivity index (χ1n) is 5.94. The monoisotopic (exact) mass is 275 g/mol. The highest BCUT2D eigenvalue weighted by Gasteiger charge is 2.09. The molecular weight excluding hydrogens is 257 g/mol. The summed E-state index contributed by atoms with van der Waals surface area (Å²) in [6.45, 7) is 3.27. The lowest BCUT2D eigenvalue weighted by Gasteiger charge is -2.16. The SMILES string of the molecule is CC(NCCCCCO)c1cc(Cl)ccc1Cl. The lowest BCUT2D eigenvalue weighted by Crippen LogP contribution is -2.20. The lowest BCUT2D eigenvalue weighted by molar-refractivity contribution is 0.282. The van der Waals surface area contributed by atoms with Crippen molar-refractivity contribution in [1.29, 1.82) is 0 Å². The molecule has 0 heterocycles. The normalized spacial score (nSPS) is 12.7. The molecule has 0 aromatic heterocycles. The molecule has 96 valence electrons. The Kier molecular flexibility index (Phi) is 6.90. The van der Waals surface area contributed by atoms with Crippen molar-refractivity contribution in [2.75, 3.05) is 13.2 Å². The molecule has 0 spiro atoms. The van der Waals surface area contributed by atoms with Crippen molar-refractivity contribution >= 4 is 23.2 Å². The third-order valence-electron chi connectivity index (χ3n) is 2.71. The number of hydrogen-bond donors (Lipinski definition) is 2. The predicted octanol–water partition coefficient (Wildman–Crippen LogP) is 3.81. The smallest absolute Gasteiger partial charge is 0.0454 e. The third-order valence-corrected chi connectivity index (χ3v) is 3.29. The summed E-state index contributed by atoms with van der Waals surface area (Å²) in [5.41, 5.74) is 1.03. The molecular formula is C13H19Cl2NO. The van der Waals surface area contributed by atoms with Crippen LogP contribution in [0.5, 0.6) is 0 Å². The highest BCUT2D eigenvalue weighted by molar-refractivity contribution is 6.33. The number of hydrogen-bond acceptors (Lipinski definition) is 2. The molecule has 0 aliphatic heterocycles. The summed E-state index contributed by atoms with van der Waals surface area (Å²) in [4.78, 5) is 0. The zero-order chi connectivity index (χ0) is 12.7. The zero-order valence-corrected chi connectivity index (χ0v) is 11.6. The van der Waals surface area contributed by atoms with Gasteiger partial charge in [-0.3, -0.25) is 0 Å². The van der Waals surface area contributed by atoms with Gasteiger partial charge >= 0.3 is 0 Å². The van der Waals surface area contributed by atoms with E-state index in [9.17, 15) is 0 Å². The van der Waals surface area contributed by atoms with Crippen LogP contribution in [0.4, 0.5) is 0 Å². The van der Waals surface area contributed by atoms with Gasteiger partial charge in [-0.05, 0) is 56.5 Å². The van der Waals surface area contributed by atoms with E-state index in [2.05, 4.69) is 12.2 Å². The topological polar surface area (TPSA) is 32.3 Å². The molecule has 1 atom stereocenters. The number of unbranched alkanes of at least 4 members (excludes halogenated alkanes) is 2. The van der Waals surface area contributed by atoms with Crippen molar-refractivity contribution in [2.45, 2.75) is 32.2 Å². The van der Waals surface area contributed by atoms with Crippen molar-refractivity contribution in [2.24, 2.45) is 0 Å². The third kappa shape index (κ3) is 5.26. The van der Waals surface area contributed by atoms with Crippen molar-refractivity contribution in [3.63, 3.8) is 0 Å². The maximum absolute atomic E-state index is 8.67. The molecule has 1 unspecified atom stereocenters. The molecule has 2 N–H and O–H groups in total. The minimum Gasteiger partial charge on any atom is -0.396 e. The summed E-state index contributed by atoms with van der Waals surface area (Å²) >= 11 is 12.1. The molecule has 0 aliphatic carbocycles. The Bertz CT molecular complexity index is 344. The van der Waals surface area contributed by atoms with Gasteiger partial charge in [0.2, 0.25) is 0 Å². The van der Waals surface area contributed by atoms with Crippen LogP contribution >= 0.6 is 23.2 Å². The quantitative estimate of drug-likeness (QED) is 0.742. The second-order valence-electron chi connectivity index (χ2n) is 4.13. The number of benzene rings is 1. The molecule has 0 saturated heterocycles. The van der Waals surface area contributed by atoms with Crippen LogP contribution in [0.25, 0.3) is 0 Å². The average Bonchev–Trinajstić information content (AvgIpc) is 2.32. The molecule has 0 aliphatic rings. The molecule has 2 nitrogen and oxygen atoms in total. The molecule has 17 heavy (non-hydrogen) atoms. The number of halogens is 2. The van der Waals surface area contributed by atoms with E-state index in [4.69, 9.17) is 28.3 Å². The van der Waals surface area contributed by atoms with Crippen LogP contribution in [0.3, 0.4) is 0 Å². The molecule has 0 radical (unpaired) electrons. The van der Waals surface area contributed by atoms with Crippen LogP contribution in [0, 0.1) is 0 Å². The van der Waals surface area contributed by atoms with Gasteiger partial charge in [0.1, 0.15) is 0 Å². The second kappa shape index (κ2) is 7.93. The van der Waals surface area contributed by atoms with Gasteiger partial charge in [0.15, 0.2) is 0 Å². The van der Waals surface area contributed by atoms with Crippen LogP contribution in [0.15, 0.2) is 18.2 Å². The second-order valence-corrected chi connectivity index (χ2v) is 4.97. The van der Waals surface area contributed by atoms with E-state index < -0.39 is 0 Å². The number of nitrogens with one attached hydrogen (secondary N) is 1. The van der Waals surface area contributed by atoms with Crippen molar-refractivity contribution in [3.05, 3.63) is 33.8 Å². The average molecular weight is 276 g/mol. The Morgan fingerprint density at radius 2 is 2.00 bits per heavy atom. The van der Waals surface area contributed by atoms with Gasteiger partial charge in [-0.15, -0.1) is 0 Å². The Hall–Kier alpha value is -0.280. The van der Waals surface area contributed by atoms with Gasteiger partial charge in [0, 0.05) is 22.7 Å². The van der Waals surface area contributed by atoms with Crippen molar-refractivity contribution < 1.29 is 5.11 Å². The van der Waals surface area contributed by atoms with Crippen LogP contribution in [-0.2, 0) is 0 Å². The van der Waals surface area contributed by atoms with E-state index in [-0.39, 0.29) is 12.6 Å². The zero-order valence-electron chi connectivity index (χ0n) is 10.0. The Morgan fingerprint density at radius 3 is 2.71 bits per heavy atom. The summed E-state index contributed by atoms with van der Waals surface area (Å²) in [7, 11) is 0.